The molecule has 1 fully saturated rings. The Kier molecular flexibility index (Phi) is 8.48. The van der Waals surface area contributed by atoms with E-state index in [1.807, 2.05) is 38.0 Å². The molecule has 2 rings (SSSR count). The number of hydrogen-bond acceptors (Lipinski definition) is 3. The monoisotopic (exact) mass is 438 g/mol. The largest absolute Gasteiger partial charge is 0.370 e. The molecule has 0 aliphatic carbocycles. The predicted molar refractivity (Wildman–Crippen MR) is 104 cm³/mol. The number of nitrogens with two attached hydrogens (primary N) is 1. The summed E-state index contributed by atoms with van der Waals surface area (Å²) in [6.45, 7) is 2.50. The molecule has 7 heteroatoms. The molecule has 0 aromatic heterocycles. The molecule has 4 nitrogen and oxygen atoms in total. The second-order valence-corrected chi connectivity index (χ2v) is 6.55. The highest BCUT2D eigenvalue weighted by molar-refractivity contribution is 14.0. The highest BCUT2D eigenvalue weighted by atomic mass is 127. The van der Waals surface area contributed by atoms with E-state index >= 15 is 0 Å². The Morgan fingerprint density at radius 2 is 1.91 bits per heavy atom. The lowest BCUT2D eigenvalue weighted by molar-refractivity contribution is 0.305. The van der Waals surface area contributed by atoms with Crippen LogP contribution >= 0.6 is 35.7 Å². The summed E-state index contributed by atoms with van der Waals surface area (Å²) in [5, 5.41) is 0. The second-order valence-electron chi connectivity index (χ2n) is 5.33. The first-order valence-electron chi connectivity index (χ1n) is 7.12. The summed E-state index contributed by atoms with van der Waals surface area (Å²) in [5.74, 6) is 2.60. The van der Waals surface area contributed by atoms with Crippen molar-refractivity contribution >= 4 is 41.7 Å². The predicted octanol–water partition coefficient (Wildman–Crippen LogP) is 2.41. The fourth-order valence-corrected chi connectivity index (χ4v) is 3.23. The first-order valence-corrected chi connectivity index (χ1v) is 8.28. The average molecular weight is 438 g/mol. The highest BCUT2D eigenvalue weighted by Gasteiger charge is 2.16. The Bertz CT molecular complexity index is 475. The maximum Gasteiger partial charge on any atom is 0.191 e. The van der Waals surface area contributed by atoms with E-state index in [2.05, 4.69) is 14.8 Å². The molecule has 2 N–H and O–H groups in total. The maximum atomic E-state index is 13.0. The SMILES string of the molecule is CN(C)C(CN=C(N)N1CCSCC1)c1ccc(F)cc1.I. The van der Waals surface area contributed by atoms with Gasteiger partial charge in [-0.25, -0.2) is 4.39 Å². The number of guanidine groups is 1. The van der Waals surface area contributed by atoms with Gasteiger partial charge in [-0.2, -0.15) is 11.8 Å². The minimum absolute atomic E-state index is 0. The van der Waals surface area contributed by atoms with Crippen LogP contribution in [-0.2, 0) is 0 Å². The topological polar surface area (TPSA) is 44.9 Å². The number of likely N-dealkylation sites (N-methyl/N-ethyl adjacent to an activating group) is 1. The van der Waals surface area contributed by atoms with Crippen LogP contribution in [0.4, 0.5) is 4.39 Å². The molecule has 0 spiro atoms. The van der Waals surface area contributed by atoms with Gasteiger partial charge < -0.3 is 15.5 Å². The fraction of sp³-hybridized carbons (Fsp3) is 0.533. The molecule has 1 saturated heterocycles. The van der Waals surface area contributed by atoms with Gasteiger partial charge in [-0.05, 0) is 31.8 Å². The van der Waals surface area contributed by atoms with Crippen LogP contribution in [0.5, 0.6) is 0 Å². The summed E-state index contributed by atoms with van der Waals surface area (Å²) in [4.78, 5) is 8.76. The van der Waals surface area contributed by atoms with Crippen molar-refractivity contribution in [3.63, 3.8) is 0 Å². The Labute approximate surface area is 153 Å². The van der Waals surface area contributed by atoms with Crippen molar-refractivity contribution in [2.24, 2.45) is 10.7 Å². The maximum absolute atomic E-state index is 13.0. The first kappa shape index (κ1) is 19.5. The van der Waals surface area contributed by atoms with E-state index in [0.29, 0.717) is 12.5 Å². The van der Waals surface area contributed by atoms with Crippen molar-refractivity contribution in [1.29, 1.82) is 0 Å². The van der Waals surface area contributed by atoms with E-state index < -0.39 is 0 Å². The third-order valence-electron chi connectivity index (χ3n) is 3.64. The van der Waals surface area contributed by atoms with Crippen molar-refractivity contribution in [1.82, 2.24) is 9.80 Å². The van der Waals surface area contributed by atoms with Crippen molar-refractivity contribution in [2.75, 3.05) is 45.2 Å². The molecule has 1 heterocycles. The smallest absolute Gasteiger partial charge is 0.191 e. The molecule has 1 aliphatic rings. The lowest BCUT2D eigenvalue weighted by atomic mass is 10.1. The van der Waals surface area contributed by atoms with Gasteiger partial charge in [0, 0.05) is 24.6 Å². The molecule has 0 radical (unpaired) electrons. The van der Waals surface area contributed by atoms with Gasteiger partial charge in [0.05, 0.1) is 12.6 Å². The van der Waals surface area contributed by atoms with Gasteiger partial charge in [0.2, 0.25) is 0 Å². The molecular weight excluding hydrogens is 414 g/mol. The quantitative estimate of drug-likeness (QED) is 0.446. The van der Waals surface area contributed by atoms with E-state index in [-0.39, 0.29) is 35.8 Å². The number of aliphatic imine (C=N–C) groups is 1. The molecule has 1 aliphatic heterocycles. The van der Waals surface area contributed by atoms with Crippen LogP contribution in [0.3, 0.4) is 0 Å². The summed E-state index contributed by atoms with van der Waals surface area (Å²) in [6, 6.07) is 6.69. The number of nitrogens with zero attached hydrogens (tertiary/aromatic N) is 3. The molecule has 1 aromatic carbocycles. The van der Waals surface area contributed by atoms with E-state index in [1.165, 1.54) is 12.1 Å². The zero-order valence-corrected chi connectivity index (χ0v) is 16.2. The minimum atomic E-state index is -0.218. The molecule has 0 amide bonds. The standard InChI is InChI=1S/C15H23FN4S.HI/c1-19(2)14(12-3-5-13(16)6-4-12)11-18-15(17)20-7-9-21-10-8-20;/h3-6,14H,7-11H2,1-2H3,(H2,17,18);1H. The van der Waals surface area contributed by atoms with E-state index in [4.69, 9.17) is 5.73 Å². The highest BCUT2D eigenvalue weighted by Crippen LogP contribution is 2.19. The van der Waals surface area contributed by atoms with Crippen molar-refractivity contribution in [3.05, 3.63) is 35.6 Å². The molecule has 1 unspecified atom stereocenters. The third kappa shape index (κ3) is 5.58. The molecular formula is C15H24FIN4S. The molecule has 124 valence electrons. The molecule has 0 bridgehead atoms. The van der Waals surface area contributed by atoms with Crippen molar-refractivity contribution in [3.8, 4) is 0 Å². The summed E-state index contributed by atoms with van der Waals surface area (Å²) < 4.78 is 13.0. The average Bonchev–Trinajstić information content (AvgIpc) is 2.49. The summed E-state index contributed by atoms with van der Waals surface area (Å²) in [7, 11) is 3.99. The van der Waals surface area contributed by atoms with Gasteiger partial charge in [0.15, 0.2) is 5.96 Å². The summed E-state index contributed by atoms with van der Waals surface area (Å²) in [6.07, 6.45) is 0. The van der Waals surface area contributed by atoms with Gasteiger partial charge in [-0.15, -0.1) is 24.0 Å². The van der Waals surface area contributed by atoms with Gasteiger partial charge in [0.25, 0.3) is 0 Å². The zero-order chi connectivity index (χ0) is 15.2. The van der Waals surface area contributed by atoms with Crippen LogP contribution in [0.25, 0.3) is 0 Å². The molecule has 1 aromatic rings. The van der Waals surface area contributed by atoms with E-state index in [9.17, 15) is 4.39 Å². The number of halogens is 2. The Balaban J connectivity index is 0.00000242. The second kappa shape index (κ2) is 9.57. The van der Waals surface area contributed by atoms with Gasteiger partial charge in [0.1, 0.15) is 5.82 Å². The molecule has 1 atom stereocenters. The number of rotatable bonds is 4. The van der Waals surface area contributed by atoms with Crippen LogP contribution < -0.4 is 5.73 Å². The minimum Gasteiger partial charge on any atom is -0.370 e. The van der Waals surface area contributed by atoms with Gasteiger partial charge in [-0.1, -0.05) is 12.1 Å². The van der Waals surface area contributed by atoms with Crippen molar-refractivity contribution in [2.45, 2.75) is 6.04 Å². The number of thioether (sulfide) groups is 1. The van der Waals surface area contributed by atoms with E-state index in [0.717, 1.165) is 30.2 Å². The normalized spacial score (nSPS) is 17.3. The van der Waals surface area contributed by atoms with Crippen LogP contribution in [0, 0.1) is 5.82 Å². The zero-order valence-electron chi connectivity index (χ0n) is 13.0. The van der Waals surface area contributed by atoms with Crippen LogP contribution in [0.1, 0.15) is 11.6 Å². The lowest BCUT2D eigenvalue weighted by Gasteiger charge is -2.28. The molecule has 22 heavy (non-hydrogen) atoms. The third-order valence-corrected chi connectivity index (χ3v) is 4.58. The van der Waals surface area contributed by atoms with Crippen LogP contribution in [0.2, 0.25) is 0 Å². The number of benzene rings is 1. The Hall–Kier alpha value is -0.540. The summed E-state index contributed by atoms with van der Waals surface area (Å²) >= 11 is 1.95. The Morgan fingerprint density at radius 3 is 2.45 bits per heavy atom. The van der Waals surface area contributed by atoms with Crippen molar-refractivity contribution < 1.29 is 4.39 Å². The van der Waals surface area contributed by atoms with E-state index in [1.54, 1.807) is 0 Å². The fourth-order valence-electron chi connectivity index (χ4n) is 2.32. The first-order chi connectivity index (χ1) is 10.1. The molecule has 0 saturated carbocycles. The number of hydrogen-bond donors (Lipinski definition) is 1. The van der Waals surface area contributed by atoms with Crippen LogP contribution in [-0.4, -0.2) is 61.0 Å². The van der Waals surface area contributed by atoms with Gasteiger partial charge in [-0.3, -0.25) is 4.99 Å². The van der Waals surface area contributed by atoms with Crippen LogP contribution in [0.15, 0.2) is 29.3 Å². The summed E-state index contributed by atoms with van der Waals surface area (Å²) in [5.41, 5.74) is 7.14. The van der Waals surface area contributed by atoms with Gasteiger partial charge >= 0.3 is 0 Å². The lowest BCUT2D eigenvalue weighted by Crippen LogP contribution is -2.43. The Morgan fingerprint density at radius 1 is 1.32 bits per heavy atom.